The Hall–Kier alpha value is -1.45. The number of carbonyl (C=O) groups excluding carboxylic acids is 1. The first-order valence-corrected chi connectivity index (χ1v) is 10.3. The molecule has 1 aromatic rings. The fourth-order valence-corrected chi connectivity index (χ4v) is 4.20. The van der Waals surface area contributed by atoms with Gasteiger partial charge in [-0.25, -0.2) is 8.42 Å². The van der Waals surface area contributed by atoms with E-state index in [4.69, 9.17) is 0 Å². The van der Waals surface area contributed by atoms with E-state index in [1.54, 1.807) is 0 Å². The molecule has 1 N–H and O–H groups in total. The number of hydrogen-bond acceptors (Lipinski definition) is 5. The van der Waals surface area contributed by atoms with Crippen molar-refractivity contribution in [2.24, 2.45) is 5.92 Å². The molecule has 0 bridgehead atoms. The van der Waals surface area contributed by atoms with Crippen LogP contribution in [-0.4, -0.2) is 79.3 Å². The molecule has 2 heterocycles. The summed E-state index contributed by atoms with van der Waals surface area (Å²) in [6, 6.07) is 1.82. The Balaban J connectivity index is 1.95. The van der Waals surface area contributed by atoms with Gasteiger partial charge in [-0.1, -0.05) is 0 Å². The van der Waals surface area contributed by atoms with E-state index in [2.05, 4.69) is 10.4 Å². The van der Waals surface area contributed by atoms with Gasteiger partial charge in [-0.3, -0.25) is 9.48 Å². The van der Waals surface area contributed by atoms with E-state index in [0.29, 0.717) is 26.1 Å². The van der Waals surface area contributed by atoms with Crippen molar-refractivity contribution in [3.8, 4) is 0 Å². The van der Waals surface area contributed by atoms with Crippen LogP contribution in [0.3, 0.4) is 0 Å². The van der Waals surface area contributed by atoms with E-state index in [9.17, 15) is 13.2 Å². The van der Waals surface area contributed by atoms with Gasteiger partial charge in [0.05, 0.1) is 11.9 Å². The zero-order valence-electron chi connectivity index (χ0n) is 15.7. The molecular formula is C16H29N5O3S. The Bertz CT molecular complexity index is 713. The molecule has 2 rings (SSSR count). The number of rotatable bonds is 7. The normalized spacial score (nSPS) is 21.8. The van der Waals surface area contributed by atoms with Crippen LogP contribution in [0.4, 0.5) is 0 Å². The molecule has 2 atom stereocenters. The van der Waals surface area contributed by atoms with E-state index in [-0.39, 0.29) is 17.9 Å². The van der Waals surface area contributed by atoms with Gasteiger partial charge in [0.1, 0.15) is 0 Å². The highest BCUT2D eigenvalue weighted by Gasteiger charge is 2.37. The molecule has 1 aliphatic rings. The Morgan fingerprint density at radius 2 is 2.04 bits per heavy atom. The number of hydrogen-bond donors (Lipinski definition) is 1. The summed E-state index contributed by atoms with van der Waals surface area (Å²) in [6.45, 7) is 5.92. The average molecular weight is 372 g/mol. The van der Waals surface area contributed by atoms with Crippen LogP contribution in [-0.2, 0) is 21.4 Å². The molecule has 8 nitrogen and oxygen atoms in total. The van der Waals surface area contributed by atoms with Gasteiger partial charge in [-0.15, -0.1) is 0 Å². The molecule has 1 amide bonds. The summed E-state index contributed by atoms with van der Waals surface area (Å²) in [5, 5.41) is 7.38. The fraction of sp³-hybridized carbons (Fsp3) is 0.750. The lowest BCUT2D eigenvalue weighted by molar-refractivity contribution is -0.122. The second-order valence-electron chi connectivity index (χ2n) is 7.18. The van der Waals surface area contributed by atoms with Crippen LogP contribution < -0.4 is 5.32 Å². The monoisotopic (exact) mass is 371 g/mol. The number of nitrogens with zero attached hydrogens (tertiary/aromatic N) is 4. The summed E-state index contributed by atoms with van der Waals surface area (Å²) in [5.74, 6) is 0.0130. The van der Waals surface area contributed by atoms with Gasteiger partial charge in [0.2, 0.25) is 15.9 Å². The van der Waals surface area contributed by atoms with E-state index >= 15 is 0 Å². The third-order valence-electron chi connectivity index (χ3n) is 4.48. The van der Waals surface area contributed by atoms with Gasteiger partial charge in [0, 0.05) is 50.3 Å². The van der Waals surface area contributed by atoms with Crippen molar-refractivity contribution in [3.05, 3.63) is 17.5 Å². The van der Waals surface area contributed by atoms with E-state index in [1.165, 1.54) is 10.6 Å². The van der Waals surface area contributed by atoms with Crippen LogP contribution in [0.5, 0.6) is 0 Å². The van der Waals surface area contributed by atoms with Gasteiger partial charge >= 0.3 is 0 Å². The molecule has 0 spiro atoms. The predicted octanol–water partition coefficient (Wildman–Crippen LogP) is -0.172. The summed E-state index contributed by atoms with van der Waals surface area (Å²) >= 11 is 0. The van der Waals surface area contributed by atoms with Crippen molar-refractivity contribution < 1.29 is 13.2 Å². The molecule has 0 saturated carbocycles. The lowest BCUT2D eigenvalue weighted by Crippen LogP contribution is -2.43. The van der Waals surface area contributed by atoms with Crippen molar-refractivity contribution in [2.75, 3.05) is 40.0 Å². The minimum Gasteiger partial charge on any atom is -0.352 e. The average Bonchev–Trinajstić information content (AvgIpc) is 2.99. The molecule has 0 aliphatic carbocycles. The highest BCUT2D eigenvalue weighted by molar-refractivity contribution is 7.88. The molecule has 142 valence electrons. The van der Waals surface area contributed by atoms with Crippen molar-refractivity contribution in [1.82, 2.24) is 24.3 Å². The number of nitrogens with one attached hydrogen (secondary N) is 1. The molecule has 0 aromatic carbocycles. The lowest BCUT2D eigenvalue weighted by Gasteiger charge is -2.22. The Morgan fingerprint density at radius 3 is 2.56 bits per heavy atom. The van der Waals surface area contributed by atoms with Crippen LogP contribution in [0.1, 0.15) is 17.8 Å². The Labute approximate surface area is 150 Å². The number of aryl methyl sites for hydroxylation is 3. The maximum atomic E-state index is 12.3. The molecule has 0 unspecified atom stereocenters. The van der Waals surface area contributed by atoms with Crippen LogP contribution in [0.15, 0.2) is 6.07 Å². The first kappa shape index (κ1) is 19.9. The summed E-state index contributed by atoms with van der Waals surface area (Å²) in [6.07, 6.45) is 1.54. The molecule has 1 aromatic heterocycles. The van der Waals surface area contributed by atoms with E-state index < -0.39 is 10.0 Å². The number of aromatic nitrogens is 2. The molecule has 0 radical (unpaired) electrons. The highest BCUT2D eigenvalue weighted by atomic mass is 32.2. The predicted molar refractivity (Wildman–Crippen MR) is 96.7 cm³/mol. The van der Waals surface area contributed by atoms with Crippen LogP contribution in [0.25, 0.3) is 0 Å². The first-order chi connectivity index (χ1) is 11.6. The second-order valence-corrected chi connectivity index (χ2v) is 9.16. The zero-order valence-corrected chi connectivity index (χ0v) is 16.5. The topological polar surface area (TPSA) is 87.5 Å². The summed E-state index contributed by atoms with van der Waals surface area (Å²) in [4.78, 5) is 14.4. The van der Waals surface area contributed by atoms with Crippen molar-refractivity contribution >= 4 is 15.9 Å². The zero-order chi connectivity index (χ0) is 18.8. The molecular weight excluding hydrogens is 342 g/mol. The SMILES string of the molecule is Cc1cc(C)n(CCC(=O)N[C@@H]2CN(S(C)(=O)=O)C[C@H]2CN(C)C)n1. The lowest BCUT2D eigenvalue weighted by atomic mass is 10.0. The molecule has 1 aliphatic heterocycles. The van der Waals surface area contributed by atoms with Gasteiger partial charge in [-0.05, 0) is 34.0 Å². The summed E-state index contributed by atoms with van der Waals surface area (Å²) < 4.78 is 26.9. The van der Waals surface area contributed by atoms with Gasteiger partial charge in [0.15, 0.2) is 0 Å². The standard InChI is InChI=1S/C16H29N5O3S/c1-12-8-13(2)21(18-12)7-6-16(22)17-15-11-20(25(5,23)24)10-14(15)9-19(3)4/h8,14-15H,6-7,9-11H2,1-5H3,(H,17,22)/t14-,15-/m1/s1. The minimum absolute atomic E-state index is 0.0725. The third kappa shape index (κ3) is 5.52. The van der Waals surface area contributed by atoms with Crippen LogP contribution >= 0.6 is 0 Å². The minimum atomic E-state index is -3.25. The smallest absolute Gasteiger partial charge is 0.222 e. The van der Waals surface area contributed by atoms with Crippen molar-refractivity contribution in [3.63, 3.8) is 0 Å². The molecule has 1 saturated heterocycles. The number of amides is 1. The maximum absolute atomic E-state index is 12.3. The maximum Gasteiger partial charge on any atom is 0.222 e. The third-order valence-corrected chi connectivity index (χ3v) is 5.71. The summed E-state index contributed by atoms with van der Waals surface area (Å²) in [5.41, 5.74) is 1.96. The second kappa shape index (κ2) is 7.84. The molecule has 9 heteroatoms. The number of sulfonamides is 1. The van der Waals surface area contributed by atoms with Gasteiger partial charge in [-0.2, -0.15) is 9.40 Å². The number of carbonyl (C=O) groups is 1. The Kier molecular flexibility index (Phi) is 6.23. The van der Waals surface area contributed by atoms with Gasteiger partial charge in [0.25, 0.3) is 0 Å². The van der Waals surface area contributed by atoms with E-state index in [0.717, 1.165) is 17.9 Å². The first-order valence-electron chi connectivity index (χ1n) is 8.46. The van der Waals surface area contributed by atoms with Gasteiger partial charge < -0.3 is 10.2 Å². The molecule has 1 fully saturated rings. The largest absolute Gasteiger partial charge is 0.352 e. The van der Waals surface area contributed by atoms with E-state index in [1.807, 2.05) is 43.6 Å². The Morgan fingerprint density at radius 1 is 1.36 bits per heavy atom. The summed E-state index contributed by atoms with van der Waals surface area (Å²) in [7, 11) is 0.650. The van der Waals surface area contributed by atoms with Crippen molar-refractivity contribution in [2.45, 2.75) is 32.9 Å². The molecule has 25 heavy (non-hydrogen) atoms. The van der Waals surface area contributed by atoms with Crippen LogP contribution in [0, 0.1) is 19.8 Å². The quantitative estimate of drug-likeness (QED) is 0.719. The van der Waals surface area contributed by atoms with Crippen molar-refractivity contribution in [1.29, 1.82) is 0 Å². The highest BCUT2D eigenvalue weighted by Crippen LogP contribution is 2.20. The fourth-order valence-electron chi connectivity index (χ4n) is 3.31. The van der Waals surface area contributed by atoms with Crippen LogP contribution in [0.2, 0.25) is 0 Å².